The van der Waals surface area contributed by atoms with Crippen LogP contribution in [-0.2, 0) is 0 Å². The highest BCUT2D eigenvalue weighted by molar-refractivity contribution is 5.97. The number of amides is 1. The Morgan fingerprint density at radius 2 is 2.22 bits per heavy atom. The summed E-state index contributed by atoms with van der Waals surface area (Å²) in [6.07, 6.45) is 1.18. The zero-order valence-corrected chi connectivity index (χ0v) is 10.1. The van der Waals surface area contributed by atoms with E-state index in [4.69, 9.17) is 9.84 Å². The average molecular weight is 249 g/mol. The summed E-state index contributed by atoms with van der Waals surface area (Å²) in [7, 11) is 0. The number of anilines is 1. The molecule has 0 unspecified atom stereocenters. The van der Waals surface area contributed by atoms with Gasteiger partial charge in [-0.3, -0.25) is 10.1 Å². The van der Waals surface area contributed by atoms with E-state index in [0.717, 1.165) is 0 Å². The molecule has 0 aliphatic rings. The summed E-state index contributed by atoms with van der Waals surface area (Å²) in [5, 5.41) is 10.8. The lowest BCUT2D eigenvalue weighted by atomic mass is 10.1. The number of hydrogen-bond acceptors (Lipinski definition) is 3. The maximum Gasteiger partial charge on any atom is 0.409 e. The standard InChI is InChI=1S/C13H15NO4/c1-3-4-7-18-12-8-10(14-13(16)17)5-6-11(12)9(2)15/h3,5-6,8,14H,1,4,7H2,2H3,(H,16,17). The predicted molar refractivity (Wildman–Crippen MR) is 68.4 cm³/mol. The van der Waals surface area contributed by atoms with E-state index in [-0.39, 0.29) is 5.78 Å². The van der Waals surface area contributed by atoms with Crippen molar-refractivity contribution < 1.29 is 19.4 Å². The van der Waals surface area contributed by atoms with Crippen LogP contribution in [0.15, 0.2) is 30.9 Å². The van der Waals surface area contributed by atoms with Crippen molar-refractivity contribution >= 4 is 17.6 Å². The van der Waals surface area contributed by atoms with Gasteiger partial charge in [-0.15, -0.1) is 6.58 Å². The van der Waals surface area contributed by atoms with Gasteiger partial charge in [-0.2, -0.15) is 0 Å². The maximum absolute atomic E-state index is 11.4. The number of benzene rings is 1. The number of ketones is 1. The normalized spacial score (nSPS) is 9.61. The first kappa shape index (κ1) is 13.8. The third-order valence-electron chi connectivity index (χ3n) is 2.19. The van der Waals surface area contributed by atoms with Gasteiger partial charge in [-0.25, -0.2) is 4.79 Å². The van der Waals surface area contributed by atoms with Crippen LogP contribution in [0.1, 0.15) is 23.7 Å². The van der Waals surface area contributed by atoms with Crippen molar-refractivity contribution in [2.45, 2.75) is 13.3 Å². The Hall–Kier alpha value is -2.30. The third kappa shape index (κ3) is 3.93. The molecule has 1 aromatic carbocycles. The van der Waals surface area contributed by atoms with Crippen LogP contribution >= 0.6 is 0 Å². The molecule has 0 aromatic heterocycles. The molecule has 1 amide bonds. The van der Waals surface area contributed by atoms with Crippen molar-refractivity contribution in [2.24, 2.45) is 0 Å². The highest BCUT2D eigenvalue weighted by Crippen LogP contribution is 2.24. The Bertz CT molecular complexity index is 468. The van der Waals surface area contributed by atoms with Crippen LogP contribution in [0.2, 0.25) is 0 Å². The minimum absolute atomic E-state index is 0.134. The van der Waals surface area contributed by atoms with E-state index in [1.807, 2.05) is 0 Å². The van der Waals surface area contributed by atoms with Gasteiger partial charge in [0.15, 0.2) is 5.78 Å². The van der Waals surface area contributed by atoms with Gasteiger partial charge >= 0.3 is 6.09 Å². The van der Waals surface area contributed by atoms with Crippen LogP contribution in [0.25, 0.3) is 0 Å². The van der Waals surface area contributed by atoms with E-state index in [1.54, 1.807) is 6.08 Å². The first-order valence-corrected chi connectivity index (χ1v) is 5.43. The molecule has 0 atom stereocenters. The van der Waals surface area contributed by atoms with E-state index >= 15 is 0 Å². The number of rotatable bonds is 6. The van der Waals surface area contributed by atoms with E-state index < -0.39 is 6.09 Å². The van der Waals surface area contributed by atoms with Crippen molar-refractivity contribution in [3.05, 3.63) is 36.4 Å². The summed E-state index contributed by atoms with van der Waals surface area (Å²) in [5.41, 5.74) is 0.788. The number of Topliss-reactive ketones (excluding diaryl/α,β-unsaturated/α-hetero) is 1. The molecule has 1 rings (SSSR count). The van der Waals surface area contributed by atoms with Crippen molar-refractivity contribution in [3.63, 3.8) is 0 Å². The lowest BCUT2D eigenvalue weighted by Crippen LogP contribution is -2.09. The summed E-state index contributed by atoms with van der Waals surface area (Å²) in [6, 6.07) is 4.55. The summed E-state index contributed by atoms with van der Waals surface area (Å²) in [5.74, 6) is 0.237. The molecular weight excluding hydrogens is 234 g/mol. The third-order valence-corrected chi connectivity index (χ3v) is 2.19. The Labute approximate surface area is 105 Å². The predicted octanol–water partition coefficient (Wildman–Crippen LogP) is 2.93. The van der Waals surface area contributed by atoms with Gasteiger partial charge in [0.05, 0.1) is 12.2 Å². The first-order chi connectivity index (χ1) is 8.54. The van der Waals surface area contributed by atoms with Crippen molar-refractivity contribution in [2.75, 3.05) is 11.9 Å². The minimum atomic E-state index is -1.16. The fraction of sp³-hybridized carbons (Fsp3) is 0.231. The second kappa shape index (κ2) is 6.44. The zero-order valence-electron chi connectivity index (χ0n) is 10.1. The number of carbonyl (C=O) groups excluding carboxylic acids is 1. The van der Waals surface area contributed by atoms with Gasteiger partial charge in [-0.1, -0.05) is 6.08 Å². The fourth-order valence-corrected chi connectivity index (χ4v) is 1.39. The molecule has 5 heteroatoms. The van der Waals surface area contributed by atoms with E-state index in [1.165, 1.54) is 25.1 Å². The summed E-state index contributed by atoms with van der Waals surface area (Å²) >= 11 is 0. The molecule has 0 bridgehead atoms. The Balaban J connectivity index is 2.95. The van der Waals surface area contributed by atoms with Crippen LogP contribution in [-0.4, -0.2) is 23.6 Å². The molecule has 0 saturated carbocycles. The van der Waals surface area contributed by atoms with Crippen LogP contribution in [0, 0.1) is 0 Å². The number of nitrogens with one attached hydrogen (secondary N) is 1. The zero-order chi connectivity index (χ0) is 13.5. The van der Waals surface area contributed by atoms with Crippen molar-refractivity contribution in [1.29, 1.82) is 0 Å². The quantitative estimate of drug-likeness (QED) is 0.461. The average Bonchev–Trinajstić information content (AvgIpc) is 2.28. The SMILES string of the molecule is C=CCCOc1cc(NC(=O)O)ccc1C(C)=O. The smallest absolute Gasteiger partial charge is 0.409 e. The molecule has 0 heterocycles. The van der Waals surface area contributed by atoms with Crippen LogP contribution in [0.5, 0.6) is 5.75 Å². The van der Waals surface area contributed by atoms with Gasteiger partial charge < -0.3 is 9.84 Å². The van der Waals surface area contributed by atoms with Crippen molar-refractivity contribution in [1.82, 2.24) is 0 Å². The van der Waals surface area contributed by atoms with Crippen molar-refractivity contribution in [3.8, 4) is 5.75 Å². The van der Waals surface area contributed by atoms with Crippen LogP contribution < -0.4 is 10.1 Å². The summed E-state index contributed by atoms with van der Waals surface area (Å²) < 4.78 is 5.44. The van der Waals surface area contributed by atoms with E-state index in [0.29, 0.717) is 30.0 Å². The fourth-order valence-electron chi connectivity index (χ4n) is 1.39. The Morgan fingerprint density at radius 1 is 1.50 bits per heavy atom. The number of hydrogen-bond donors (Lipinski definition) is 2. The van der Waals surface area contributed by atoms with Gasteiger partial charge in [0.2, 0.25) is 0 Å². The van der Waals surface area contributed by atoms with Gasteiger partial charge in [0.25, 0.3) is 0 Å². The molecular formula is C13H15NO4. The molecule has 1 aromatic rings. The van der Waals surface area contributed by atoms with E-state index in [2.05, 4.69) is 11.9 Å². The second-order valence-corrected chi connectivity index (χ2v) is 3.62. The molecule has 0 spiro atoms. The lowest BCUT2D eigenvalue weighted by molar-refractivity contribution is 0.101. The summed E-state index contributed by atoms with van der Waals surface area (Å²) in [6.45, 7) is 5.39. The van der Waals surface area contributed by atoms with Gasteiger partial charge in [0.1, 0.15) is 5.75 Å². The minimum Gasteiger partial charge on any atom is -0.492 e. The lowest BCUT2D eigenvalue weighted by Gasteiger charge is -2.11. The number of carbonyl (C=O) groups is 2. The summed E-state index contributed by atoms with van der Waals surface area (Å²) in [4.78, 5) is 21.9. The van der Waals surface area contributed by atoms with Gasteiger partial charge in [-0.05, 0) is 25.5 Å². The van der Waals surface area contributed by atoms with Gasteiger partial charge in [0, 0.05) is 11.8 Å². The number of ether oxygens (including phenoxy) is 1. The molecule has 0 radical (unpaired) electrons. The molecule has 0 aliphatic carbocycles. The Morgan fingerprint density at radius 3 is 2.78 bits per heavy atom. The monoisotopic (exact) mass is 249 g/mol. The van der Waals surface area contributed by atoms with Crippen LogP contribution in [0.4, 0.5) is 10.5 Å². The maximum atomic E-state index is 11.4. The Kier molecular flexibility index (Phi) is 4.92. The first-order valence-electron chi connectivity index (χ1n) is 5.43. The second-order valence-electron chi connectivity index (χ2n) is 3.62. The van der Waals surface area contributed by atoms with E-state index in [9.17, 15) is 9.59 Å². The highest BCUT2D eigenvalue weighted by atomic mass is 16.5. The highest BCUT2D eigenvalue weighted by Gasteiger charge is 2.10. The molecule has 0 fully saturated rings. The van der Waals surface area contributed by atoms with Crippen LogP contribution in [0.3, 0.4) is 0 Å². The molecule has 96 valence electrons. The molecule has 5 nitrogen and oxygen atoms in total. The number of carboxylic acid groups (broad SMARTS) is 1. The molecule has 2 N–H and O–H groups in total. The molecule has 0 aliphatic heterocycles. The largest absolute Gasteiger partial charge is 0.492 e. The molecule has 0 saturated heterocycles. The molecule has 18 heavy (non-hydrogen) atoms. The topological polar surface area (TPSA) is 75.6 Å².